The van der Waals surface area contributed by atoms with Crippen molar-refractivity contribution in [2.45, 2.75) is 38.4 Å². The molecule has 1 aliphatic heterocycles. The van der Waals surface area contributed by atoms with Gasteiger partial charge in [0.25, 0.3) is 5.91 Å². The molecule has 0 spiro atoms. The first kappa shape index (κ1) is 26.1. The fourth-order valence-corrected chi connectivity index (χ4v) is 5.49. The Morgan fingerprint density at radius 2 is 1.95 bits per heavy atom. The average molecular weight is 581 g/mol. The van der Waals surface area contributed by atoms with E-state index in [4.69, 9.17) is 15.5 Å². The van der Waals surface area contributed by atoms with Gasteiger partial charge in [-0.05, 0) is 60.0 Å². The molecule has 0 bridgehead atoms. The van der Waals surface area contributed by atoms with Crippen LogP contribution in [0.2, 0.25) is 0 Å². The second kappa shape index (κ2) is 10.7. The predicted octanol–water partition coefficient (Wildman–Crippen LogP) is 3.39. The van der Waals surface area contributed by atoms with Crippen molar-refractivity contribution in [1.29, 1.82) is 0 Å². The van der Waals surface area contributed by atoms with Crippen molar-refractivity contribution >= 4 is 33.3 Å². The zero-order valence-electron chi connectivity index (χ0n) is 21.1. The van der Waals surface area contributed by atoms with Gasteiger partial charge in [-0.2, -0.15) is 9.61 Å². The summed E-state index contributed by atoms with van der Waals surface area (Å²) in [6.07, 6.45) is 3.94. The number of carbonyl (C=O) groups is 1. The highest BCUT2D eigenvalue weighted by Crippen LogP contribution is 2.37. The minimum Gasteiger partial charge on any atom is -0.496 e. The number of nitrogens with zero attached hydrogens (tertiary/aromatic N) is 5. The molecule has 198 valence electrons. The van der Waals surface area contributed by atoms with E-state index in [1.165, 1.54) is 6.92 Å². The van der Waals surface area contributed by atoms with Gasteiger partial charge in [-0.3, -0.25) is 9.78 Å². The van der Waals surface area contributed by atoms with Gasteiger partial charge < -0.3 is 25.6 Å². The fourth-order valence-electron chi connectivity index (χ4n) is 4.91. The quantitative estimate of drug-likeness (QED) is 0.315. The molecular formula is C27H29BrN6O4. The molecule has 1 aliphatic rings. The maximum absolute atomic E-state index is 12.2. The maximum atomic E-state index is 12.2. The number of rotatable bonds is 6. The summed E-state index contributed by atoms with van der Waals surface area (Å²) in [4.78, 5) is 23.5. The average Bonchev–Trinajstić information content (AvgIpc) is 3.38. The van der Waals surface area contributed by atoms with E-state index in [0.717, 1.165) is 40.9 Å². The lowest BCUT2D eigenvalue weighted by Crippen LogP contribution is -2.42. The second-order valence-corrected chi connectivity index (χ2v) is 10.2. The van der Waals surface area contributed by atoms with Gasteiger partial charge in [0.15, 0.2) is 5.65 Å². The van der Waals surface area contributed by atoms with Crippen LogP contribution < -0.4 is 10.5 Å². The number of benzene rings is 1. The number of anilines is 1. The number of ether oxygens (including phenoxy) is 1. The Balaban J connectivity index is 1.45. The summed E-state index contributed by atoms with van der Waals surface area (Å²) in [6, 6.07) is 9.46. The Morgan fingerprint density at radius 1 is 1.21 bits per heavy atom. The number of nitrogens with two attached hydrogens (primary N) is 1. The monoisotopic (exact) mass is 580 g/mol. The standard InChI is InChI=1S/C27H29BrN6O4/c1-15(36)27(37)33-9-7-16(8-10-33)24-23(28)25(29)34-26(32-24)20(13-31-34)18-3-5-21(30-12-18)17-4-6-22(38-2)19(11-17)14-35/h3-6,11-13,15-16,35-36H,7-10,14,29H2,1-2H3/t15-/m1/s1. The van der Waals surface area contributed by atoms with Crippen LogP contribution in [0.4, 0.5) is 5.82 Å². The van der Waals surface area contributed by atoms with Crippen molar-refractivity contribution in [3.8, 4) is 28.1 Å². The predicted molar refractivity (Wildman–Crippen MR) is 146 cm³/mol. The van der Waals surface area contributed by atoms with Crippen molar-refractivity contribution in [1.82, 2.24) is 24.5 Å². The van der Waals surface area contributed by atoms with Gasteiger partial charge in [0, 0.05) is 47.5 Å². The lowest BCUT2D eigenvalue weighted by Gasteiger charge is -2.33. The number of hydrogen-bond acceptors (Lipinski definition) is 8. The summed E-state index contributed by atoms with van der Waals surface area (Å²) < 4.78 is 7.61. The smallest absolute Gasteiger partial charge is 0.251 e. The highest BCUT2D eigenvalue weighted by Gasteiger charge is 2.29. The maximum Gasteiger partial charge on any atom is 0.251 e. The van der Waals surface area contributed by atoms with Crippen LogP contribution in [0.3, 0.4) is 0 Å². The van der Waals surface area contributed by atoms with Crippen LogP contribution >= 0.6 is 15.9 Å². The van der Waals surface area contributed by atoms with Crippen LogP contribution in [0.15, 0.2) is 47.2 Å². The van der Waals surface area contributed by atoms with Gasteiger partial charge in [-0.25, -0.2) is 4.98 Å². The zero-order valence-corrected chi connectivity index (χ0v) is 22.7. The molecule has 1 saturated heterocycles. The van der Waals surface area contributed by atoms with E-state index in [0.29, 0.717) is 40.3 Å². The Hall–Kier alpha value is -3.54. The number of carbonyl (C=O) groups excluding carboxylic acids is 1. The number of fused-ring (bicyclic) bond motifs is 1. The summed E-state index contributed by atoms with van der Waals surface area (Å²) in [5.41, 5.74) is 11.9. The SMILES string of the molecule is COc1ccc(-c2ccc(-c3cnn4c(N)c(Br)c(C5CCN(C(=O)[C@@H](C)O)CC5)nc34)cn2)cc1CO. The Bertz CT molecular complexity index is 1480. The van der Waals surface area contributed by atoms with Crippen molar-refractivity contribution in [2.75, 3.05) is 25.9 Å². The van der Waals surface area contributed by atoms with Crippen LogP contribution in [0.5, 0.6) is 5.75 Å². The highest BCUT2D eigenvalue weighted by molar-refractivity contribution is 9.10. The van der Waals surface area contributed by atoms with Gasteiger partial charge in [0.2, 0.25) is 0 Å². The van der Waals surface area contributed by atoms with E-state index in [-0.39, 0.29) is 18.4 Å². The van der Waals surface area contributed by atoms with Crippen molar-refractivity contribution in [2.24, 2.45) is 0 Å². The third-order valence-electron chi connectivity index (χ3n) is 7.02. The normalized spacial score (nSPS) is 15.1. The summed E-state index contributed by atoms with van der Waals surface area (Å²) >= 11 is 3.62. The van der Waals surface area contributed by atoms with E-state index in [1.54, 1.807) is 28.9 Å². The topological polar surface area (TPSA) is 139 Å². The number of aromatic nitrogens is 4. The molecule has 1 aromatic carbocycles. The number of nitrogen functional groups attached to an aromatic ring is 1. The van der Waals surface area contributed by atoms with Crippen molar-refractivity contribution in [3.63, 3.8) is 0 Å². The van der Waals surface area contributed by atoms with E-state index < -0.39 is 6.10 Å². The van der Waals surface area contributed by atoms with Crippen molar-refractivity contribution in [3.05, 3.63) is 58.5 Å². The minimum atomic E-state index is -1.00. The lowest BCUT2D eigenvalue weighted by molar-refractivity contribution is -0.140. The molecule has 0 unspecified atom stereocenters. The molecular weight excluding hydrogens is 552 g/mol. The molecule has 1 amide bonds. The summed E-state index contributed by atoms with van der Waals surface area (Å²) in [5.74, 6) is 0.943. The van der Waals surface area contributed by atoms with Crippen LogP contribution in [-0.4, -0.2) is 66.9 Å². The molecule has 0 radical (unpaired) electrons. The summed E-state index contributed by atoms with van der Waals surface area (Å²) in [5, 5.41) is 23.8. The first-order valence-corrected chi connectivity index (χ1v) is 13.2. The molecule has 1 atom stereocenters. The largest absolute Gasteiger partial charge is 0.496 e. The van der Waals surface area contributed by atoms with E-state index >= 15 is 0 Å². The van der Waals surface area contributed by atoms with Crippen LogP contribution in [0, 0.1) is 0 Å². The van der Waals surface area contributed by atoms with Crippen LogP contribution in [-0.2, 0) is 11.4 Å². The Labute approximate surface area is 228 Å². The van der Waals surface area contributed by atoms with Crippen molar-refractivity contribution < 1.29 is 19.7 Å². The van der Waals surface area contributed by atoms with E-state index in [9.17, 15) is 15.0 Å². The second-order valence-electron chi connectivity index (χ2n) is 9.38. The number of hydrogen-bond donors (Lipinski definition) is 3. The third kappa shape index (κ3) is 4.72. The lowest BCUT2D eigenvalue weighted by atomic mass is 9.93. The Morgan fingerprint density at radius 3 is 2.58 bits per heavy atom. The summed E-state index contributed by atoms with van der Waals surface area (Å²) in [6.45, 7) is 2.47. The summed E-state index contributed by atoms with van der Waals surface area (Å²) in [7, 11) is 1.57. The van der Waals surface area contributed by atoms with E-state index in [1.807, 2.05) is 30.3 Å². The molecule has 38 heavy (non-hydrogen) atoms. The molecule has 0 aliphatic carbocycles. The molecule has 4 N–H and O–H groups in total. The van der Waals surface area contributed by atoms with Crippen LogP contribution in [0.25, 0.3) is 28.0 Å². The van der Waals surface area contributed by atoms with Gasteiger partial charge in [0.1, 0.15) is 17.7 Å². The fraction of sp³-hybridized carbons (Fsp3) is 0.333. The zero-order chi connectivity index (χ0) is 27.0. The molecule has 10 nitrogen and oxygen atoms in total. The number of aliphatic hydroxyl groups is 2. The first-order chi connectivity index (χ1) is 18.3. The molecule has 3 aromatic heterocycles. The Kier molecular flexibility index (Phi) is 7.33. The molecule has 0 saturated carbocycles. The molecule has 5 rings (SSSR count). The van der Waals surface area contributed by atoms with Gasteiger partial charge in [-0.1, -0.05) is 6.07 Å². The number of likely N-dealkylation sites (tertiary alicyclic amines) is 1. The highest BCUT2D eigenvalue weighted by atomic mass is 79.9. The van der Waals surface area contributed by atoms with Gasteiger partial charge in [-0.15, -0.1) is 0 Å². The van der Waals surface area contributed by atoms with Gasteiger partial charge in [0.05, 0.1) is 35.8 Å². The number of amides is 1. The number of halogens is 1. The third-order valence-corrected chi connectivity index (χ3v) is 7.83. The number of piperidine rings is 1. The van der Waals surface area contributed by atoms with E-state index in [2.05, 4.69) is 26.0 Å². The number of pyridine rings is 1. The number of methoxy groups -OCH3 is 1. The van der Waals surface area contributed by atoms with Crippen LogP contribution in [0.1, 0.15) is 36.9 Å². The molecule has 4 aromatic rings. The molecule has 1 fully saturated rings. The molecule has 11 heteroatoms. The minimum absolute atomic E-state index is 0.105. The number of aliphatic hydroxyl groups excluding tert-OH is 2. The van der Waals surface area contributed by atoms with Gasteiger partial charge >= 0.3 is 0 Å². The first-order valence-electron chi connectivity index (χ1n) is 12.4. The molecule has 4 heterocycles.